The van der Waals surface area contributed by atoms with E-state index in [1.807, 2.05) is 66.7 Å². The van der Waals surface area contributed by atoms with Crippen LogP contribution in [0.3, 0.4) is 0 Å². The molecule has 0 radical (unpaired) electrons. The Hall–Kier alpha value is -12.3. The van der Waals surface area contributed by atoms with E-state index < -0.39 is 14.8 Å². The summed E-state index contributed by atoms with van der Waals surface area (Å²) in [4.78, 5) is 75.8. The van der Waals surface area contributed by atoms with Crippen molar-refractivity contribution in [3.63, 3.8) is 0 Å². The zero-order valence-electron chi connectivity index (χ0n) is 53.7. The molecule has 8 heterocycles. The molecule has 4 saturated heterocycles. The Morgan fingerprint density at radius 1 is 0.454 bits per heavy atom. The number of hydrogen-bond donors (Lipinski definition) is 0. The van der Waals surface area contributed by atoms with Crippen LogP contribution >= 0.6 is 0 Å². The maximum absolute atomic E-state index is 13.6. The molecule has 4 aliphatic heterocycles. The number of aryl methyl sites for hydroxylation is 1. The maximum Gasteiger partial charge on any atom is 0.311 e. The lowest BCUT2D eigenvalue weighted by atomic mass is 10.2. The average Bonchev–Trinajstić information content (AvgIpc) is 0.882. The van der Waals surface area contributed by atoms with Gasteiger partial charge in [0.05, 0.1) is 48.9 Å². The normalized spacial score (nSPS) is 14.1. The number of nitrogens with zero attached hydrogens (tertiary/aromatic N) is 16. The lowest BCUT2D eigenvalue weighted by Crippen LogP contribution is -2.47. The number of nitro groups is 4. The number of piperazine rings is 4. The smallest absolute Gasteiger partial charge is 0.311 e. The van der Waals surface area contributed by atoms with Crippen molar-refractivity contribution in [2.24, 2.45) is 0 Å². The molecular weight excluding hydrogens is 1240 g/mol. The Balaban J connectivity index is 0.000000166. The first kappa shape index (κ1) is 70.6. The van der Waals surface area contributed by atoms with Gasteiger partial charge in [0.1, 0.15) is 11.6 Å². The average molecular weight is 1310 g/mol. The molecule has 24 nitrogen and oxygen atoms in total. The summed E-state index contributed by atoms with van der Waals surface area (Å²) in [7, 11) is 0. The highest BCUT2D eigenvalue weighted by atomic mass is 19.1. The number of rotatable bonds is 12. The van der Waals surface area contributed by atoms with E-state index in [1.165, 1.54) is 42.5 Å². The number of benzene rings is 3. The second kappa shape index (κ2) is 35.1. The van der Waals surface area contributed by atoms with E-state index >= 15 is 0 Å². The summed E-state index contributed by atoms with van der Waals surface area (Å²) >= 11 is 0. The van der Waals surface area contributed by atoms with Gasteiger partial charge >= 0.3 is 22.7 Å². The van der Waals surface area contributed by atoms with Gasteiger partial charge in [0.2, 0.25) is 23.3 Å². The highest BCUT2D eigenvalue weighted by molar-refractivity contribution is 5.61. The minimum absolute atomic E-state index is 0.000814. The third-order valence-electron chi connectivity index (χ3n) is 15.6. The molecule has 11 rings (SSSR count). The van der Waals surface area contributed by atoms with Gasteiger partial charge in [-0.3, -0.25) is 45.4 Å². The van der Waals surface area contributed by atoms with Gasteiger partial charge < -0.3 is 34.3 Å². The first-order valence-corrected chi connectivity index (χ1v) is 30.8. The van der Waals surface area contributed by atoms with Crippen LogP contribution in [-0.4, -0.2) is 170 Å². The van der Waals surface area contributed by atoms with Crippen molar-refractivity contribution >= 4 is 46.0 Å². The van der Waals surface area contributed by atoms with E-state index in [4.69, 9.17) is 0 Å². The summed E-state index contributed by atoms with van der Waals surface area (Å²) in [6.45, 7) is 26.8. The molecule has 0 bridgehead atoms. The van der Waals surface area contributed by atoms with Crippen molar-refractivity contribution in [2.75, 3.05) is 131 Å². The fourth-order valence-corrected chi connectivity index (χ4v) is 10.5. The minimum Gasteiger partial charge on any atom is -0.362 e. The Morgan fingerprint density at radius 2 is 0.866 bits per heavy atom. The third-order valence-corrected chi connectivity index (χ3v) is 15.6. The van der Waals surface area contributed by atoms with E-state index in [9.17, 15) is 49.2 Å². The van der Waals surface area contributed by atoms with Gasteiger partial charge in [-0.05, 0) is 92.4 Å². The summed E-state index contributed by atoms with van der Waals surface area (Å²) < 4.78 is 26.8. The number of pyridine rings is 4. The van der Waals surface area contributed by atoms with Crippen LogP contribution in [0.25, 0.3) is 0 Å². The molecule has 7 aromatic rings. The summed E-state index contributed by atoms with van der Waals surface area (Å²) in [5.41, 5.74) is 4.89. The first-order chi connectivity index (χ1) is 46.9. The van der Waals surface area contributed by atoms with Gasteiger partial charge in [0.25, 0.3) is 0 Å². The molecule has 496 valence electrons. The van der Waals surface area contributed by atoms with E-state index in [0.717, 1.165) is 43.1 Å². The lowest BCUT2D eigenvalue weighted by molar-refractivity contribution is -0.384. The van der Waals surface area contributed by atoms with Gasteiger partial charge in [-0.15, -0.1) is 0 Å². The van der Waals surface area contributed by atoms with E-state index in [0.29, 0.717) is 131 Å². The Bertz CT molecular complexity index is 4250. The van der Waals surface area contributed by atoms with Crippen LogP contribution < -0.4 is 19.6 Å². The molecule has 0 spiro atoms. The van der Waals surface area contributed by atoms with Gasteiger partial charge in [0, 0.05) is 164 Å². The topological polar surface area (TPSA) is 250 Å². The molecule has 3 aromatic carbocycles. The molecule has 0 amide bonds. The molecule has 4 aliphatic rings. The second-order valence-corrected chi connectivity index (χ2v) is 21.9. The molecule has 0 unspecified atom stereocenters. The molecule has 4 fully saturated rings. The zero-order chi connectivity index (χ0) is 69.2. The van der Waals surface area contributed by atoms with Crippen LogP contribution in [0, 0.1) is 106 Å². The van der Waals surface area contributed by atoms with E-state index in [2.05, 4.69) is 96.8 Å². The van der Waals surface area contributed by atoms with Gasteiger partial charge in [-0.25, -0.2) is 28.7 Å². The molecular formula is C71H70F2N16O8. The lowest BCUT2D eigenvalue weighted by Gasteiger charge is -2.35. The highest BCUT2D eigenvalue weighted by Crippen LogP contribution is 2.30. The number of hydrogen-bond acceptors (Lipinski definition) is 20. The van der Waals surface area contributed by atoms with Crippen LogP contribution in [0.5, 0.6) is 0 Å². The molecule has 26 heteroatoms. The number of allylic oxidation sites excluding steroid dienone is 3. The molecule has 0 aliphatic carbocycles. The quantitative estimate of drug-likeness (QED) is 0.0627. The maximum atomic E-state index is 13.6. The summed E-state index contributed by atoms with van der Waals surface area (Å²) in [6.07, 6.45) is 4.68. The van der Waals surface area contributed by atoms with Gasteiger partial charge in [-0.1, -0.05) is 91.7 Å². The van der Waals surface area contributed by atoms with Crippen LogP contribution in [0.2, 0.25) is 0 Å². The second-order valence-electron chi connectivity index (χ2n) is 21.9. The SMILES string of the molecule is C=C(C#CC)N1CCN(c2ncccc2[N+](=O)[O-])CC1.C=C(C#Cc1cccc(F)c1)N1CCN(c2ncccc2[N+](=O)[O-])CC1.C=C(C#Cc1ccccc1F)N1CCN(c2ncccc2[N+](=O)[O-])CC1.Cc1ccc([N+](=O)[O-])c(N2CCN(CC#Cc3ccccc3)CC2)n1. The summed E-state index contributed by atoms with van der Waals surface area (Å²) in [6, 6.07) is 34.6. The summed E-state index contributed by atoms with van der Waals surface area (Å²) in [5.74, 6) is 24.6. The third kappa shape index (κ3) is 20.4. The van der Waals surface area contributed by atoms with Crippen LogP contribution in [0.4, 0.5) is 54.8 Å². The van der Waals surface area contributed by atoms with Crippen molar-refractivity contribution in [2.45, 2.75) is 13.8 Å². The number of halogens is 2. The number of aromatic nitrogens is 4. The van der Waals surface area contributed by atoms with Crippen molar-refractivity contribution in [3.8, 4) is 47.4 Å². The monoisotopic (exact) mass is 1310 g/mol. The van der Waals surface area contributed by atoms with Crippen LogP contribution in [-0.2, 0) is 0 Å². The largest absolute Gasteiger partial charge is 0.362 e. The van der Waals surface area contributed by atoms with Crippen LogP contribution in [0.1, 0.15) is 29.3 Å². The number of anilines is 4. The molecule has 0 atom stereocenters. The molecule has 97 heavy (non-hydrogen) atoms. The minimum atomic E-state index is -0.423. The molecule has 4 aromatic heterocycles. The standard InChI is InChI=1S/2C19H17FN4O2.C19H20N4O2.C14H16N4O2/c1-15(7-8-16-4-2-5-17(20)14-16)22-10-12-23(13-11-22)19-18(24(25)26)6-3-9-21-19;1-15(8-9-16-5-2-3-6-17(16)20)22-11-13-23(14-12-22)19-18(24(25)26)7-4-10-21-19;1-16-9-10-18(23(24)25)19(20-16)22-14-12-21(13-15-22)11-5-8-17-6-3-2-4-7-17;1-3-5-12(2)16-8-10-17(11-9-16)14-13(18(19)20)6-4-7-15-14/h2-6,9,14H,1,10-13H2;2-7,10H,1,11-14H2;2-4,6-7,9-10H,11-15H2,1H3;4,6-7H,2,8-11H2,1H3. The Kier molecular flexibility index (Phi) is 25.6. The Labute approximate surface area is 561 Å². The van der Waals surface area contributed by atoms with Crippen molar-refractivity contribution in [3.05, 3.63) is 257 Å². The van der Waals surface area contributed by atoms with Crippen LogP contribution in [0.15, 0.2) is 183 Å². The molecule has 0 saturated carbocycles. The van der Waals surface area contributed by atoms with E-state index in [-0.39, 0.29) is 39.3 Å². The van der Waals surface area contributed by atoms with Crippen molar-refractivity contribution in [1.29, 1.82) is 0 Å². The predicted octanol–water partition coefficient (Wildman–Crippen LogP) is 9.75. The summed E-state index contributed by atoms with van der Waals surface area (Å²) in [5, 5.41) is 44.5. The van der Waals surface area contributed by atoms with Crippen molar-refractivity contribution in [1.82, 2.24) is 39.5 Å². The van der Waals surface area contributed by atoms with E-state index in [1.54, 1.807) is 80.1 Å². The van der Waals surface area contributed by atoms with Gasteiger partial charge in [-0.2, -0.15) is 0 Å². The van der Waals surface area contributed by atoms with Crippen molar-refractivity contribution < 1.29 is 28.5 Å². The zero-order valence-corrected chi connectivity index (χ0v) is 53.7. The molecule has 0 N–H and O–H groups in total. The fourth-order valence-electron chi connectivity index (χ4n) is 10.5. The van der Waals surface area contributed by atoms with Gasteiger partial charge in [0.15, 0.2) is 0 Å². The predicted molar refractivity (Wildman–Crippen MR) is 369 cm³/mol. The first-order valence-electron chi connectivity index (χ1n) is 30.8. The Morgan fingerprint density at radius 3 is 1.32 bits per heavy atom. The fraction of sp³-hybridized carbons (Fsp3) is 0.268. The highest BCUT2D eigenvalue weighted by Gasteiger charge is 2.29.